The van der Waals surface area contributed by atoms with Crippen molar-refractivity contribution >= 4 is 23.5 Å². The average Bonchev–Trinajstić information content (AvgIpc) is 3.21. The van der Waals surface area contributed by atoms with Gasteiger partial charge in [-0.15, -0.1) is 0 Å². The van der Waals surface area contributed by atoms with Gasteiger partial charge in [0.05, 0.1) is 25.1 Å². The molecule has 2 aromatic rings. The minimum absolute atomic E-state index is 0.205. The van der Waals surface area contributed by atoms with E-state index in [1.807, 2.05) is 24.3 Å². The van der Waals surface area contributed by atoms with Gasteiger partial charge >= 0.3 is 0 Å². The number of nitrogens with one attached hydrogen (secondary N) is 1. The molecule has 2 atom stereocenters. The van der Waals surface area contributed by atoms with Crippen LogP contribution in [0.1, 0.15) is 30.8 Å². The fourth-order valence-electron chi connectivity index (χ4n) is 3.16. The number of rotatable bonds is 5. The first-order valence-corrected chi connectivity index (χ1v) is 9.06. The third-order valence-electron chi connectivity index (χ3n) is 4.87. The summed E-state index contributed by atoms with van der Waals surface area (Å²) in [6, 6.07) is 7.69. The fourth-order valence-corrected chi connectivity index (χ4v) is 3.16. The van der Waals surface area contributed by atoms with Crippen LogP contribution in [0.3, 0.4) is 0 Å². The first-order valence-electron chi connectivity index (χ1n) is 9.06. The van der Waals surface area contributed by atoms with Crippen molar-refractivity contribution in [1.29, 1.82) is 0 Å². The zero-order valence-electron chi connectivity index (χ0n) is 14.9. The first-order chi connectivity index (χ1) is 12.7. The highest BCUT2D eigenvalue weighted by Crippen LogP contribution is 2.47. The molecule has 1 amide bonds. The van der Waals surface area contributed by atoms with Crippen molar-refractivity contribution in [3.63, 3.8) is 0 Å². The highest BCUT2D eigenvalue weighted by atomic mass is 16.5. The van der Waals surface area contributed by atoms with Gasteiger partial charge in [-0.3, -0.25) is 4.79 Å². The van der Waals surface area contributed by atoms with Crippen molar-refractivity contribution < 1.29 is 13.9 Å². The normalized spacial score (nSPS) is 22.6. The van der Waals surface area contributed by atoms with Crippen molar-refractivity contribution in [3.05, 3.63) is 48.1 Å². The molecule has 1 N–H and O–H groups in total. The molecule has 1 aliphatic heterocycles. The summed E-state index contributed by atoms with van der Waals surface area (Å²) in [5.74, 6) is 3.66. The Morgan fingerprint density at radius 2 is 2.08 bits per heavy atom. The lowest BCUT2D eigenvalue weighted by atomic mass is 10.3. The average molecular weight is 353 g/mol. The quantitative estimate of drug-likeness (QED) is 0.836. The summed E-state index contributed by atoms with van der Waals surface area (Å²) in [4.78, 5) is 18.7. The molecule has 2 fully saturated rings. The summed E-state index contributed by atoms with van der Waals surface area (Å²) in [6.45, 7) is 5.34. The smallest absolute Gasteiger partial charge is 0.248 e. The van der Waals surface area contributed by atoms with Crippen molar-refractivity contribution in [2.75, 3.05) is 36.5 Å². The zero-order valence-corrected chi connectivity index (χ0v) is 14.9. The molecule has 3 heterocycles. The second kappa shape index (κ2) is 7.33. The monoisotopic (exact) mass is 353 g/mol. The van der Waals surface area contributed by atoms with E-state index in [0.29, 0.717) is 23.3 Å². The van der Waals surface area contributed by atoms with Gasteiger partial charge in [0.15, 0.2) is 0 Å². The number of anilines is 2. The van der Waals surface area contributed by atoms with E-state index in [9.17, 15) is 4.79 Å². The van der Waals surface area contributed by atoms with E-state index in [0.717, 1.165) is 37.9 Å². The molecule has 2 aliphatic rings. The van der Waals surface area contributed by atoms with E-state index >= 15 is 0 Å². The fraction of sp³-hybridized carbons (Fsp3) is 0.400. The molecule has 2 aromatic heterocycles. The molecule has 6 heteroatoms. The number of nitrogens with zero attached hydrogens (tertiary/aromatic N) is 2. The number of morpholine rings is 1. The molecule has 2 unspecified atom stereocenters. The van der Waals surface area contributed by atoms with Crippen LogP contribution in [0.4, 0.5) is 11.5 Å². The molecule has 0 aromatic carbocycles. The van der Waals surface area contributed by atoms with Crippen LogP contribution in [0.15, 0.2) is 41.0 Å². The summed E-state index contributed by atoms with van der Waals surface area (Å²) >= 11 is 0. The number of pyridine rings is 1. The first kappa shape index (κ1) is 16.8. The summed E-state index contributed by atoms with van der Waals surface area (Å²) in [7, 11) is 0. The van der Waals surface area contributed by atoms with Crippen LogP contribution in [0.25, 0.3) is 6.08 Å². The Kier molecular flexibility index (Phi) is 4.75. The Hall–Kier alpha value is -2.60. The second-order valence-corrected chi connectivity index (χ2v) is 6.89. The van der Waals surface area contributed by atoms with Crippen LogP contribution in [0.2, 0.25) is 0 Å². The highest BCUT2D eigenvalue weighted by Gasteiger charge is 2.36. The molecule has 136 valence electrons. The topological polar surface area (TPSA) is 67.6 Å². The summed E-state index contributed by atoms with van der Waals surface area (Å²) in [5, 5.41) is 2.82. The lowest BCUT2D eigenvalue weighted by Crippen LogP contribution is -2.36. The third-order valence-corrected chi connectivity index (χ3v) is 4.87. The van der Waals surface area contributed by atoms with E-state index in [4.69, 9.17) is 9.15 Å². The van der Waals surface area contributed by atoms with Crippen LogP contribution >= 0.6 is 0 Å². The molecule has 6 nitrogen and oxygen atoms in total. The largest absolute Gasteiger partial charge is 0.461 e. The van der Waals surface area contributed by atoms with Crippen molar-refractivity contribution in [2.45, 2.75) is 19.3 Å². The Morgan fingerprint density at radius 1 is 1.27 bits per heavy atom. The van der Waals surface area contributed by atoms with E-state index in [2.05, 4.69) is 22.1 Å². The summed E-state index contributed by atoms with van der Waals surface area (Å²) in [6.07, 6.45) is 6.04. The molecule has 0 radical (unpaired) electrons. The van der Waals surface area contributed by atoms with E-state index in [1.54, 1.807) is 12.3 Å². The van der Waals surface area contributed by atoms with Gasteiger partial charge in [-0.1, -0.05) is 6.92 Å². The molecule has 0 bridgehead atoms. The van der Waals surface area contributed by atoms with E-state index < -0.39 is 0 Å². The van der Waals surface area contributed by atoms with Crippen molar-refractivity contribution in [2.24, 2.45) is 5.92 Å². The van der Waals surface area contributed by atoms with Gasteiger partial charge in [-0.25, -0.2) is 4.98 Å². The van der Waals surface area contributed by atoms with Gasteiger partial charge in [0.1, 0.15) is 17.3 Å². The molecule has 1 saturated heterocycles. The third kappa shape index (κ3) is 3.96. The standard InChI is InChI=1S/C20H23N3O3/c1-14-12-17(14)18-5-3-16(26-18)4-7-20(24)22-15-2-6-19(21-13-15)23-8-10-25-11-9-23/h2-7,13-14,17H,8-12H2,1H3,(H,22,24). The minimum Gasteiger partial charge on any atom is -0.461 e. The summed E-state index contributed by atoms with van der Waals surface area (Å²) in [5.41, 5.74) is 0.670. The van der Waals surface area contributed by atoms with E-state index in [1.165, 1.54) is 12.5 Å². The molecule has 4 rings (SSSR count). The van der Waals surface area contributed by atoms with Crippen LogP contribution in [0.5, 0.6) is 0 Å². The number of aromatic nitrogens is 1. The van der Waals surface area contributed by atoms with Crippen LogP contribution in [0, 0.1) is 5.92 Å². The number of carbonyl (C=O) groups is 1. The van der Waals surface area contributed by atoms with Crippen LogP contribution < -0.4 is 10.2 Å². The molecule has 1 aliphatic carbocycles. The maximum atomic E-state index is 12.1. The molecular weight excluding hydrogens is 330 g/mol. The number of furan rings is 1. The Labute approximate surface area is 152 Å². The van der Waals surface area contributed by atoms with Gasteiger partial charge < -0.3 is 19.4 Å². The Balaban J connectivity index is 1.31. The van der Waals surface area contributed by atoms with Crippen LogP contribution in [-0.4, -0.2) is 37.2 Å². The lowest BCUT2D eigenvalue weighted by molar-refractivity contribution is -0.111. The molecule has 1 saturated carbocycles. The minimum atomic E-state index is -0.205. The lowest BCUT2D eigenvalue weighted by Gasteiger charge is -2.27. The maximum absolute atomic E-state index is 12.1. The second-order valence-electron chi connectivity index (χ2n) is 6.89. The van der Waals surface area contributed by atoms with E-state index in [-0.39, 0.29) is 5.91 Å². The van der Waals surface area contributed by atoms with Gasteiger partial charge in [0.2, 0.25) is 5.91 Å². The van der Waals surface area contributed by atoms with Gasteiger partial charge in [-0.2, -0.15) is 0 Å². The number of hydrogen-bond acceptors (Lipinski definition) is 5. The van der Waals surface area contributed by atoms with Crippen molar-refractivity contribution in [3.8, 4) is 0 Å². The van der Waals surface area contributed by atoms with Crippen LogP contribution in [-0.2, 0) is 9.53 Å². The predicted molar refractivity (Wildman–Crippen MR) is 100 cm³/mol. The van der Waals surface area contributed by atoms with Crippen molar-refractivity contribution in [1.82, 2.24) is 4.98 Å². The highest BCUT2D eigenvalue weighted by molar-refractivity contribution is 6.01. The zero-order chi connectivity index (χ0) is 17.9. The number of carbonyl (C=O) groups excluding carboxylic acids is 1. The maximum Gasteiger partial charge on any atom is 0.248 e. The molecule has 26 heavy (non-hydrogen) atoms. The number of ether oxygens (including phenoxy) is 1. The predicted octanol–water partition coefficient (Wildman–Crippen LogP) is 3.29. The number of hydrogen-bond donors (Lipinski definition) is 1. The molecule has 0 spiro atoms. The molecular formula is C20H23N3O3. The van der Waals surface area contributed by atoms with Gasteiger partial charge in [0.25, 0.3) is 0 Å². The summed E-state index contributed by atoms with van der Waals surface area (Å²) < 4.78 is 11.1. The van der Waals surface area contributed by atoms with Gasteiger partial charge in [-0.05, 0) is 42.7 Å². The Bertz CT molecular complexity index is 791. The SMILES string of the molecule is CC1CC1c1ccc(C=CC(=O)Nc2ccc(N3CCOCC3)nc2)o1. The van der Waals surface area contributed by atoms with Gasteiger partial charge in [0, 0.05) is 25.1 Å². The Morgan fingerprint density at radius 3 is 2.77 bits per heavy atom. The number of amides is 1.